The zero-order valence-corrected chi connectivity index (χ0v) is 11.1. The minimum atomic E-state index is -0.00785. The van der Waals surface area contributed by atoms with E-state index < -0.39 is 0 Å². The highest BCUT2D eigenvalue weighted by Gasteiger charge is 2.25. The number of hydrogen-bond donors (Lipinski definition) is 2. The molecule has 92 valence electrons. The summed E-state index contributed by atoms with van der Waals surface area (Å²) in [6.07, 6.45) is 0.898. The van der Waals surface area contributed by atoms with E-state index in [1.54, 1.807) is 6.07 Å². The molecule has 6 nitrogen and oxygen atoms in total. The molecule has 0 radical (unpaired) electrons. The molecule has 1 unspecified atom stereocenters. The molecule has 2 rings (SSSR count). The number of carbonyl (C=O) groups is 1. The molecule has 0 aliphatic carbocycles. The van der Waals surface area contributed by atoms with Crippen LogP contribution in [0.2, 0.25) is 0 Å². The first-order valence-corrected chi connectivity index (χ1v) is 6.16. The quantitative estimate of drug-likeness (QED) is 0.779. The average molecular weight is 300 g/mol. The Morgan fingerprint density at radius 1 is 1.65 bits per heavy atom. The fourth-order valence-electron chi connectivity index (χ4n) is 1.91. The lowest BCUT2D eigenvalue weighted by Gasteiger charge is -2.16. The number of nitrogens with two attached hydrogens (primary N) is 1. The van der Waals surface area contributed by atoms with Gasteiger partial charge in [-0.15, -0.1) is 0 Å². The van der Waals surface area contributed by atoms with Crippen LogP contribution in [0.25, 0.3) is 0 Å². The Morgan fingerprint density at radius 3 is 3.06 bits per heavy atom. The van der Waals surface area contributed by atoms with E-state index >= 15 is 0 Å². The van der Waals surface area contributed by atoms with E-state index in [-0.39, 0.29) is 11.9 Å². The van der Waals surface area contributed by atoms with Gasteiger partial charge in [-0.25, -0.2) is 4.98 Å². The number of nitrogens with one attached hydrogen (secondary N) is 1. The van der Waals surface area contributed by atoms with Crippen LogP contribution in [0.1, 0.15) is 13.3 Å². The van der Waals surface area contributed by atoms with Crippen molar-refractivity contribution in [1.29, 1.82) is 0 Å². The van der Waals surface area contributed by atoms with Crippen LogP contribution < -0.4 is 16.0 Å². The molecule has 0 spiro atoms. The van der Waals surface area contributed by atoms with Crippen molar-refractivity contribution in [2.75, 3.05) is 23.7 Å². The van der Waals surface area contributed by atoms with Crippen molar-refractivity contribution in [3.63, 3.8) is 0 Å². The van der Waals surface area contributed by atoms with Gasteiger partial charge < -0.3 is 16.0 Å². The van der Waals surface area contributed by atoms with Crippen molar-refractivity contribution < 1.29 is 4.79 Å². The third-order valence-corrected chi connectivity index (χ3v) is 2.99. The van der Waals surface area contributed by atoms with Crippen molar-refractivity contribution in [2.24, 2.45) is 0 Å². The summed E-state index contributed by atoms with van der Waals surface area (Å²) in [5.74, 6) is 1.03. The second kappa shape index (κ2) is 4.87. The SMILES string of the molecule is CC(=O)NC1CCN(c2nc(N)cc(Br)n2)C1. The molecule has 1 aromatic heterocycles. The first-order valence-electron chi connectivity index (χ1n) is 5.36. The molecule has 3 N–H and O–H groups in total. The van der Waals surface area contributed by atoms with Crippen molar-refractivity contribution in [3.8, 4) is 0 Å². The summed E-state index contributed by atoms with van der Waals surface area (Å²) in [4.78, 5) is 21.4. The second-order valence-corrected chi connectivity index (χ2v) is 4.86. The Hall–Kier alpha value is -1.37. The molecule has 2 heterocycles. The number of nitrogen functional groups attached to an aromatic ring is 1. The molecule has 1 atom stereocenters. The smallest absolute Gasteiger partial charge is 0.228 e. The summed E-state index contributed by atoms with van der Waals surface area (Å²) in [5.41, 5.74) is 5.66. The van der Waals surface area contributed by atoms with Gasteiger partial charge in [0.15, 0.2) is 0 Å². The van der Waals surface area contributed by atoms with Crippen molar-refractivity contribution >= 4 is 33.6 Å². The number of aromatic nitrogens is 2. The predicted octanol–water partition coefficient (Wildman–Crippen LogP) is 0.536. The van der Waals surface area contributed by atoms with Gasteiger partial charge >= 0.3 is 0 Å². The molecule has 7 heteroatoms. The Labute approximate surface area is 108 Å². The maximum absolute atomic E-state index is 11.0. The molecule has 0 saturated carbocycles. The molecule has 17 heavy (non-hydrogen) atoms. The van der Waals surface area contributed by atoms with Crippen molar-refractivity contribution in [2.45, 2.75) is 19.4 Å². The topological polar surface area (TPSA) is 84.1 Å². The lowest BCUT2D eigenvalue weighted by molar-refractivity contribution is -0.119. The number of amides is 1. The van der Waals surface area contributed by atoms with E-state index in [1.807, 2.05) is 4.90 Å². The number of anilines is 2. The number of halogens is 1. The molecular weight excluding hydrogens is 286 g/mol. The molecule has 1 fully saturated rings. The highest BCUT2D eigenvalue weighted by atomic mass is 79.9. The summed E-state index contributed by atoms with van der Waals surface area (Å²) in [6, 6.07) is 1.82. The first kappa shape index (κ1) is 12.1. The van der Waals surface area contributed by atoms with Crippen LogP contribution in [-0.4, -0.2) is 35.0 Å². The lowest BCUT2D eigenvalue weighted by atomic mass is 10.3. The van der Waals surface area contributed by atoms with Gasteiger partial charge in [-0.1, -0.05) is 0 Å². The molecule has 1 aromatic rings. The Morgan fingerprint density at radius 2 is 2.41 bits per heavy atom. The maximum atomic E-state index is 11.0. The zero-order valence-electron chi connectivity index (χ0n) is 9.48. The first-order chi connectivity index (χ1) is 8.04. The van der Waals surface area contributed by atoms with Gasteiger partial charge in [0.2, 0.25) is 11.9 Å². The van der Waals surface area contributed by atoms with E-state index in [0.29, 0.717) is 16.4 Å². The molecule has 1 saturated heterocycles. The molecule has 0 aromatic carbocycles. The molecular formula is C10H14BrN5O. The number of rotatable bonds is 2. The van der Waals surface area contributed by atoms with Gasteiger partial charge in [-0.05, 0) is 22.4 Å². The van der Waals surface area contributed by atoms with Crippen molar-refractivity contribution in [1.82, 2.24) is 15.3 Å². The standard InChI is InChI=1S/C10H14BrN5O/c1-6(17)13-7-2-3-16(5-7)10-14-8(11)4-9(12)15-10/h4,7H,2-3,5H2,1H3,(H,13,17)(H2,12,14,15). The third kappa shape index (κ3) is 3.06. The molecule has 1 aliphatic rings. The van der Waals surface area contributed by atoms with Gasteiger partial charge in [0.25, 0.3) is 0 Å². The Balaban J connectivity index is 2.07. The molecule has 1 aliphatic heterocycles. The van der Waals surface area contributed by atoms with Gasteiger partial charge in [-0.2, -0.15) is 4.98 Å². The van der Waals surface area contributed by atoms with Crippen LogP contribution >= 0.6 is 15.9 Å². The third-order valence-electron chi connectivity index (χ3n) is 2.58. The second-order valence-electron chi connectivity index (χ2n) is 4.05. The monoisotopic (exact) mass is 299 g/mol. The van der Waals surface area contributed by atoms with Crippen LogP contribution in [0.15, 0.2) is 10.7 Å². The minimum Gasteiger partial charge on any atom is -0.383 e. The Bertz CT molecular complexity index is 418. The van der Waals surface area contributed by atoms with E-state index in [0.717, 1.165) is 19.5 Å². The van der Waals surface area contributed by atoms with Crippen molar-refractivity contribution in [3.05, 3.63) is 10.7 Å². The average Bonchev–Trinajstić information content (AvgIpc) is 2.63. The highest BCUT2D eigenvalue weighted by molar-refractivity contribution is 9.10. The fraction of sp³-hybridized carbons (Fsp3) is 0.500. The number of nitrogens with zero attached hydrogens (tertiary/aromatic N) is 3. The van der Waals surface area contributed by atoms with Crippen LogP contribution in [-0.2, 0) is 4.79 Å². The predicted molar refractivity (Wildman–Crippen MR) is 68.6 cm³/mol. The summed E-state index contributed by atoms with van der Waals surface area (Å²) < 4.78 is 0.669. The Kier molecular flexibility index (Phi) is 3.46. The van der Waals surface area contributed by atoms with Crippen LogP contribution in [0.5, 0.6) is 0 Å². The maximum Gasteiger partial charge on any atom is 0.228 e. The summed E-state index contributed by atoms with van der Waals surface area (Å²) in [6.45, 7) is 3.06. The molecule has 1 amide bonds. The summed E-state index contributed by atoms with van der Waals surface area (Å²) in [5, 5.41) is 2.89. The van der Waals surface area contributed by atoms with E-state index in [4.69, 9.17) is 5.73 Å². The van der Waals surface area contributed by atoms with E-state index in [1.165, 1.54) is 6.92 Å². The molecule has 0 bridgehead atoms. The van der Waals surface area contributed by atoms with Gasteiger partial charge in [0.05, 0.1) is 0 Å². The van der Waals surface area contributed by atoms with Crippen LogP contribution in [0.4, 0.5) is 11.8 Å². The van der Waals surface area contributed by atoms with E-state index in [9.17, 15) is 4.79 Å². The van der Waals surface area contributed by atoms with Crippen LogP contribution in [0, 0.1) is 0 Å². The summed E-state index contributed by atoms with van der Waals surface area (Å²) in [7, 11) is 0. The lowest BCUT2D eigenvalue weighted by Crippen LogP contribution is -2.35. The fourth-order valence-corrected chi connectivity index (χ4v) is 2.30. The van der Waals surface area contributed by atoms with E-state index in [2.05, 4.69) is 31.2 Å². The number of hydrogen-bond acceptors (Lipinski definition) is 5. The van der Waals surface area contributed by atoms with Gasteiger partial charge in [0, 0.05) is 32.1 Å². The summed E-state index contributed by atoms with van der Waals surface area (Å²) >= 11 is 3.29. The zero-order chi connectivity index (χ0) is 12.4. The normalized spacial score (nSPS) is 19.4. The minimum absolute atomic E-state index is 0.00785. The largest absolute Gasteiger partial charge is 0.383 e. The van der Waals surface area contributed by atoms with Gasteiger partial charge in [-0.3, -0.25) is 4.79 Å². The van der Waals surface area contributed by atoms with Gasteiger partial charge in [0.1, 0.15) is 10.4 Å². The number of carbonyl (C=O) groups excluding carboxylic acids is 1. The highest BCUT2D eigenvalue weighted by Crippen LogP contribution is 2.20. The van der Waals surface area contributed by atoms with Crippen LogP contribution in [0.3, 0.4) is 0 Å².